The van der Waals surface area contributed by atoms with Gasteiger partial charge in [0.2, 0.25) is 5.89 Å². The molecule has 1 N–H and O–H groups in total. The molecule has 0 saturated carbocycles. The van der Waals surface area contributed by atoms with Gasteiger partial charge in [0.15, 0.2) is 0 Å². The van der Waals surface area contributed by atoms with E-state index in [1.807, 2.05) is 6.07 Å². The molecule has 0 atom stereocenters. The molecule has 5 nitrogen and oxygen atoms in total. The zero-order chi connectivity index (χ0) is 14.5. The zero-order valence-corrected chi connectivity index (χ0v) is 12.6. The molecule has 0 aliphatic carbocycles. The first-order valence-electron chi connectivity index (χ1n) is 6.50. The van der Waals surface area contributed by atoms with E-state index in [9.17, 15) is 0 Å². The lowest BCUT2D eigenvalue weighted by Crippen LogP contribution is -2.25. The Balaban J connectivity index is 2.12. The molecule has 1 aromatic carbocycles. The van der Waals surface area contributed by atoms with E-state index in [-0.39, 0.29) is 0 Å². The van der Waals surface area contributed by atoms with Crippen LogP contribution in [0.5, 0.6) is 5.75 Å². The van der Waals surface area contributed by atoms with Gasteiger partial charge in [0.05, 0.1) is 12.7 Å². The quantitative estimate of drug-likeness (QED) is 0.888. The number of hydrogen-bond acceptors (Lipinski definition) is 5. The Hall–Kier alpha value is -1.59. The lowest BCUT2D eigenvalue weighted by molar-refractivity contribution is 0.413. The van der Waals surface area contributed by atoms with Crippen LogP contribution in [0, 0.1) is 0 Å². The molecule has 6 heteroatoms. The van der Waals surface area contributed by atoms with Gasteiger partial charge in [-0.2, -0.15) is 0 Å². The van der Waals surface area contributed by atoms with Crippen LogP contribution in [0.2, 0.25) is 5.02 Å². The number of rotatable bonds is 6. The van der Waals surface area contributed by atoms with Gasteiger partial charge < -0.3 is 14.5 Å². The summed E-state index contributed by atoms with van der Waals surface area (Å²) >= 11 is 5.93. The predicted molar refractivity (Wildman–Crippen MR) is 78.1 cm³/mol. The van der Waals surface area contributed by atoms with Crippen molar-refractivity contribution in [2.75, 3.05) is 13.7 Å². The van der Waals surface area contributed by atoms with E-state index in [1.54, 1.807) is 19.2 Å². The van der Waals surface area contributed by atoms with Gasteiger partial charge >= 0.3 is 0 Å². The number of aromatic nitrogens is 2. The third kappa shape index (κ3) is 3.71. The summed E-state index contributed by atoms with van der Waals surface area (Å²) in [6, 6.07) is 5.74. The number of methoxy groups -OCH3 is 1. The van der Waals surface area contributed by atoms with E-state index in [2.05, 4.69) is 29.4 Å². The minimum atomic E-state index is 0.439. The maximum Gasteiger partial charge on any atom is 0.251 e. The molecule has 0 unspecified atom stereocenters. The molecule has 0 aliphatic heterocycles. The van der Waals surface area contributed by atoms with E-state index in [0.717, 1.165) is 12.1 Å². The van der Waals surface area contributed by atoms with Crippen LogP contribution in [0.1, 0.15) is 19.7 Å². The lowest BCUT2D eigenvalue weighted by Gasteiger charge is -2.05. The van der Waals surface area contributed by atoms with Gasteiger partial charge in [-0.3, -0.25) is 0 Å². The zero-order valence-electron chi connectivity index (χ0n) is 11.8. The summed E-state index contributed by atoms with van der Waals surface area (Å²) < 4.78 is 10.9. The number of hydrogen-bond donors (Lipinski definition) is 1. The fourth-order valence-corrected chi connectivity index (χ4v) is 1.94. The molecule has 0 amide bonds. The molecule has 2 rings (SSSR count). The van der Waals surface area contributed by atoms with Crippen molar-refractivity contribution in [3.8, 4) is 17.2 Å². The molecule has 0 fully saturated rings. The standard InChI is InChI=1S/C14H18ClN3O2/c1-9(2)16-7-6-13-17-18-14(20-13)11-5-4-10(15)8-12(11)19-3/h4-5,8-9,16H,6-7H2,1-3H3. The summed E-state index contributed by atoms with van der Waals surface area (Å²) in [6.45, 7) is 4.99. The molecule has 0 bridgehead atoms. The fraction of sp³-hybridized carbons (Fsp3) is 0.429. The number of nitrogens with zero attached hydrogens (tertiary/aromatic N) is 2. The maximum atomic E-state index is 5.93. The largest absolute Gasteiger partial charge is 0.496 e. The first-order valence-corrected chi connectivity index (χ1v) is 6.87. The van der Waals surface area contributed by atoms with Crippen LogP contribution in [-0.2, 0) is 6.42 Å². The van der Waals surface area contributed by atoms with Crippen molar-refractivity contribution < 1.29 is 9.15 Å². The summed E-state index contributed by atoms with van der Waals surface area (Å²) in [4.78, 5) is 0. The van der Waals surface area contributed by atoms with Crippen molar-refractivity contribution in [2.45, 2.75) is 26.3 Å². The average molecular weight is 296 g/mol. The monoisotopic (exact) mass is 295 g/mol. The Morgan fingerprint density at radius 3 is 2.85 bits per heavy atom. The van der Waals surface area contributed by atoms with Crippen molar-refractivity contribution >= 4 is 11.6 Å². The Kier molecular flexibility index (Phi) is 4.98. The van der Waals surface area contributed by atoms with Crippen LogP contribution in [0.25, 0.3) is 11.5 Å². The Labute approximate surface area is 123 Å². The van der Waals surface area contributed by atoms with Crippen LogP contribution in [0.15, 0.2) is 22.6 Å². The van der Waals surface area contributed by atoms with Crippen LogP contribution in [-0.4, -0.2) is 29.9 Å². The smallest absolute Gasteiger partial charge is 0.251 e. The van der Waals surface area contributed by atoms with Crippen molar-refractivity contribution in [1.29, 1.82) is 0 Å². The minimum Gasteiger partial charge on any atom is -0.496 e. The molecule has 0 spiro atoms. The fourth-order valence-electron chi connectivity index (χ4n) is 1.77. The molecule has 0 radical (unpaired) electrons. The summed E-state index contributed by atoms with van der Waals surface area (Å²) in [5, 5.41) is 12.0. The molecule has 2 aromatic rings. The van der Waals surface area contributed by atoms with Crippen molar-refractivity contribution in [1.82, 2.24) is 15.5 Å². The van der Waals surface area contributed by atoms with Crippen LogP contribution >= 0.6 is 11.6 Å². The normalized spacial score (nSPS) is 11.1. The minimum absolute atomic E-state index is 0.439. The van der Waals surface area contributed by atoms with Crippen LogP contribution < -0.4 is 10.1 Å². The molecule has 1 aromatic heterocycles. The molecule has 20 heavy (non-hydrogen) atoms. The van der Waals surface area contributed by atoms with E-state index >= 15 is 0 Å². The Bertz CT molecular complexity index is 569. The number of halogens is 1. The Morgan fingerprint density at radius 1 is 1.35 bits per heavy atom. The summed E-state index contributed by atoms with van der Waals surface area (Å²) in [5.41, 5.74) is 0.743. The summed E-state index contributed by atoms with van der Waals surface area (Å²) in [5.74, 6) is 1.66. The van der Waals surface area contributed by atoms with Gasteiger partial charge in [-0.05, 0) is 18.2 Å². The topological polar surface area (TPSA) is 60.2 Å². The second kappa shape index (κ2) is 6.72. The second-order valence-electron chi connectivity index (χ2n) is 4.70. The number of benzene rings is 1. The molecule has 1 heterocycles. The third-order valence-corrected chi connectivity index (χ3v) is 2.99. The maximum absolute atomic E-state index is 5.93. The SMILES string of the molecule is COc1cc(Cl)ccc1-c1nnc(CCNC(C)C)o1. The van der Waals surface area contributed by atoms with Crippen LogP contribution in [0.4, 0.5) is 0 Å². The predicted octanol–water partition coefficient (Wildman–Crippen LogP) is 2.94. The van der Waals surface area contributed by atoms with Crippen molar-refractivity contribution in [3.63, 3.8) is 0 Å². The van der Waals surface area contributed by atoms with Gasteiger partial charge in [-0.25, -0.2) is 0 Å². The first-order chi connectivity index (χ1) is 9.60. The van der Waals surface area contributed by atoms with Crippen molar-refractivity contribution in [3.05, 3.63) is 29.1 Å². The average Bonchev–Trinajstić information content (AvgIpc) is 2.86. The number of nitrogens with one attached hydrogen (secondary N) is 1. The highest BCUT2D eigenvalue weighted by Gasteiger charge is 2.13. The molecular weight excluding hydrogens is 278 g/mol. The first kappa shape index (κ1) is 14.8. The van der Waals surface area contributed by atoms with Gasteiger partial charge in [-0.1, -0.05) is 25.4 Å². The highest BCUT2D eigenvalue weighted by Crippen LogP contribution is 2.31. The van der Waals surface area contributed by atoms with Crippen molar-refractivity contribution in [2.24, 2.45) is 0 Å². The van der Waals surface area contributed by atoms with E-state index in [1.165, 1.54) is 0 Å². The lowest BCUT2D eigenvalue weighted by atomic mass is 10.2. The summed E-state index contributed by atoms with van der Waals surface area (Å²) in [6.07, 6.45) is 0.696. The molecular formula is C14H18ClN3O2. The van der Waals surface area contributed by atoms with E-state index in [0.29, 0.717) is 35.0 Å². The molecule has 0 saturated heterocycles. The van der Waals surface area contributed by atoms with Gasteiger partial charge in [0, 0.05) is 24.0 Å². The highest BCUT2D eigenvalue weighted by molar-refractivity contribution is 6.30. The van der Waals surface area contributed by atoms with E-state index < -0.39 is 0 Å². The Morgan fingerprint density at radius 2 is 2.15 bits per heavy atom. The van der Waals surface area contributed by atoms with Crippen LogP contribution in [0.3, 0.4) is 0 Å². The van der Waals surface area contributed by atoms with E-state index in [4.69, 9.17) is 20.8 Å². The molecule has 0 aliphatic rings. The second-order valence-corrected chi connectivity index (χ2v) is 5.14. The van der Waals surface area contributed by atoms with Gasteiger partial charge in [0.1, 0.15) is 5.75 Å². The van der Waals surface area contributed by atoms with Gasteiger partial charge in [-0.15, -0.1) is 10.2 Å². The molecule has 108 valence electrons. The summed E-state index contributed by atoms with van der Waals surface area (Å²) in [7, 11) is 1.58. The third-order valence-electron chi connectivity index (χ3n) is 2.75. The number of ether oxygens (including phenoxy) is 1. The van der Waals surface area contributed by atoms with Gasteiger partial charge in [0.25, 0.3) is 5.89 Å². The highest BCUT2D eigenvalue weighted by atomic mass is 35.5.